The lowest BCUT2D eigenvalue weighted by atomic mass is 9.97. The molecule has 352 valence electrons. The zero-order chi connectivity index (χ0) is 46.9. The first kappa shape index (κ1) is 47.5. The second-order valence-corrected chi connectivity index (χ2v) is 15.3. The molecule has 23 nitrogen and oxygen atoms in total. The molecule has 6 unspecified atom stereocenters. The average molecular weight is 920 g/mol. The summed E-state index contributed by atoms with van der Waals surface area (Å²) in [6, 6.07) is 12.6. The van der Waals surface area contributed by atoms with Crippen LogP contribution in [0.2, 0.25) is 0 Å². The summed E-state index contributed by atoms with van der Waals surface area (Å²) in [5.41, 5.74) is 0.390. The molecule has 3 saturated heterocycles. The number of hydrogen-bond donors (Lipinski definition) is 14. The normalized spacial score (nSPS) is 32.9. The number of carbonyl (C=O) groups is 1. The molecule has 23 heteroatoms. The van der Waals surface area contributed by atoms with E-state index in [1.165, 1.54) is 54.6 Å². The van der Waals surface area contributed by atoms with Crippen molar-refractivity contribution in [3.05, 3.63) is 72.3 Å². The van der Waals surface area contributed by atoms with E-state index in [9.17, 15) is 76.3 Å². The van der Waals surface area contributed by atoms with E-state index in [1.807, 2.05) is 0 Å². The number of aliphatic hydroxyl groups excluding tert-OH is 10. The third-order valence-corrected chi connectivity index (χ3v) is 10.8. The number of phenolic OH excluding ortho intramolecular Hbond substituents is 4. The fourth-order valence-electron chi connectivity index (χ4n) is 7.22. The Kier molecular flexibility index (Phi) is 14.6. The Balaban J connectivity index is 1.26. The number of aliphatic hydroxyl groups is 10. The van der Waals surface area contributed by atoms with Gasteiger partial charge in [-0.05, 0) is 48.0 Å². The number of carbonyl (C=O) groups excluding carboxylic acids is 1. The molecule has 0 spiro atoms. The molecule has 3 aromatic carbocycles. The van der Waals surface area contributed by atoms with Crippen molar-refractivity contribution in [1.29, 1.82) is 0 Å². The number of benzene rings is 3. The highest BCUT2D eigenvalue weighted by Gasteiger charge is 2.52. The van der Waals surface area contributed by atoms with E-state index >= 15 is 0 Å². The van der Waals surface area contributed by atoms with E-state index in [2.05, 4.69) is 0 Å². The minimum Gasteiger partial charge on any atom is -0.508 e. The molecule has 15 atom stereocenters. The van der Waals surface area contributed by atoms with Gasteiger partial charge in [-0.25, -0.2) is 9.21 Å². The highest BCUT2D eigenvalue weighted by molar-refractivity contribution is 5.89. The molecule has 3 aliphatic rings. The Bertz CT molecular complexity index is 2300. The van der Waals surface area contributed by atoms with Gasteiger partial charge in [0.15, 0.2) is 23.9 Å². The van der Waals surface area contributed by atoms with Crippen molar-refractivity contribution in [2.45, 2.75) is 92.1 Å². The largest absolute Gasteiger partial charge is 0.508 e. The minimum absolute atomic E-state index is 0.0423. The molecule has 7 rings (SSSR count). The van der Waals surface area contributed by atoms with Crippen LogP contribution in [0, 0.1) is 0 Å². The molecule has 4 aromatic rings. The summed E-state index contributed by atoms with van der Waals surface area (Å²) in [5, 5.41) is 146. The van der Waals surface area contributed by atoms with Gasteiger partial charge in [-0.15, -0.1) is 0 Å². The number of aromatic hydroxyl groups is 4. The molecular weight excluding hydrogens is 872 g/mol. The molecular formula is C42H47O23+. The molecule has 0 saturated carbocycles. The fourth-order valence-corrected chi connectivity index (χ4v) is 7.22. The van der Waals surface area contributed by atoms with Gasteiger partial charge in [0.25, 0.3) is 0 Å². The molecule has 1 aromatic heterocycles. The second-order valence-electron chi connectivity index (χ2n) is 15.3. The zero-order valence-electron chi connectivity index (χ0n) is 33.6. The molecule has 0 bridgehead atoms. The Hall–Kier alpha value is -5.48. The second kappa shape index (κ2) is 19.9. The SMILES string of the molecule is O=C(/C=C/c1ccc(O)c(O)c1)OCC1O[C@@H](Oc2cc3c(O[C@@H]4OC(CO)[C@@H](O)[C@H](O)C4O)cc(O)cc3[o+]c2-c2ccc(O)cc2)[C@H](O[C@@H]2OC(CO)[C@@H](O)[C@H](O)C2O)C(O)[C@@H]1O. The quantitative estimate of drug-likeness (QED) is 0.0289. The van der Waals surface area contributed by atoms with Crippen molar-refractivity contribution >= 4 is 23.0 Å². The summed E-state index contributed by atoms with van der Waals surface area (Å²) in [6.07, 6.45) is -25.0. The number of esters is 1. The maximum atomic E-state index is 12.8. The van der Waals surface area contributed by atoms with E-state index < -0.39 is 135 Å². The summed E-state index contributed by atoms with van der Waals surface area (Å²) < 4.78 is 46.6. The minimum atomic E-state index is -2.06. The molecule has 3 aliphatic heterocycles. The van der Waals surface area contributed by atoms with Gasteiger partial charge in [0.2, 0.25) is 18.3 Å². The van der Waals surface area contributed by atoms with Crippen LogP contribution in [-0.2, 0) is 28.5 Å². The lowest BCUT2D eigenvalue weighted by Crippen LogP contribution is -2.65. The van der Waals surface area contributed by atoms with Gasteiger partial charge in [0.05, 0.1) is 24.8 Å². The molecule has 0 amide bonds. The van der Waals surface area contributed by atoms with Gasteiger partial charge in [-0.3, -0.25) is 0 Å². The van der Waals surface area contributed by atoms with Crippen molar-refractivity contribution < 1.29 is 114 Å². The summed E-state index contributed by atoms with van der Waals surface area (Å²) in [6.45, 7) is -2.39. The van der Waals surface area contributed by atoms with Gasteiger partial charge in [0.1, 0.15) is 96.4 Å². The fraction of sp³-hybridized carbons (Fsp3) is 0.429. The number of fused-ring (bicyclic) bond motifs is 1. The molecule has 65 heavy (non-hydrogen) atoms. The van der Waals surface area contributed by atoms with E-state index in [0.717, 1.165) is 18.2 Å². The van der Waals surface area contributed by atoms with Crippen molar-refractivity contribution in [3.63, 3.8) is 0 Å². The molecule has 14 N–H and O–H groups in total. The summed E-state index contributed by atoms with van der Waals surface area (Å²) in [5.74, 6) is -3.19. The predicted molar refractivity (Wildman–Crippen MR) is 213 cm³/mol. The Morgan fingerprint density at radius 2 is 1.20 bits per heavy atom. The lowest BCUT2D eigenvalue weighted by Gasteiger charge is -2.45. The Morgan fingerprint density at radius 3 is 1.85 bits per heavy atom. The maximum Gasteiger partial charge on any atom is 0.402 e. The van der Waals surface area contributed by atoms with Crippen molar-refractivity contribution in [1.82, 2.24) is 0 Å². The van der Waals surface area contributed by atoms with E-state index in [1.54, 1.807) is 0 Å². The van der Waals surface area contributed by atoms with Crippen LogP contribution in [0.4, 0.5) is 0 Å². The highest BCUT2D eigenvalue weighted by Crippen LogP contribution is 2.43. The smallest absolute Gasteiger partial charge is 0.402 e. The first-order valence-corrected chi connectivity index (χ1v) is 19.9. The van der Waals surface area contributed by atoms with Crippen LogP contribution in [0.1, 0.15) is 5.56 Å². The molecule has 0 radical (unpaired) electrons. The molecule has 0 aliphatic carbocycles. The van der Waals surface area contributed by atoms with Crippen molar-refractivity contribution in [2.75, 3.05) is 19.8 Å². The van der Waals surface area contributed by atoms with E-state index in [0.29, 0.717) is 5.56 Å². The Morgan fingerprint density at radius 1 is 0.600 bits per heavy atom. The van der Waals surface area contributed by atoms with Crippen LogP contribution < -0.4 is 9.47 Å². The maximum absolute atomic E-state index is 12.8. The highest BCUT2D eigenvalue weighted by atomic mass is 16.8. The summed E-state index contributed by atoms with van der Waals surface area (Å²) >= 11 is 0. The number of hydrogen-bond acceptors (Lipinski definition) is 22. The third kappa shape index (κ3) is 10.2. The topological polar surface area (TPSA) is 376 Å². The van der Waals surface area contributed by atoms with Gasteiger partial charge in [-0.2, -0.15) is 0 Å². The zero-order valence-corrected chi connectivity index (χ0v) is 33.6. The van der Waals surface area contributed by atoms with Gasteiger partial charge in [-0.1, -0.05) is 6.07 Å². The van der Waals surface area contributed by atoms with Crippen LogP contribution in [0.25, 0.3) is 28.4 Å². The van der Waals surface area contributed by atoms with E-state index in [-0.39, 0.29) is 39.5 Å². The monoisotopic (exact) mass is 919 g/mol. The van der Waals surface area contributed by atoms with Crippen molar-refractivity contribution in [3.8, 4) is 45.8 Å². The first-order chi connectivity index (χ1) is 31.0. The van der Waals surface area contributed by atoms with E-state index in [4.69, 9.17) is 37.6 Å². The van der Waals surface area contributed by atoms with Crippen LogP contribution in [0.5, 0.6) is 34.5 Å². The summed E-state index contributed by atoms with van der Waals surface area (Å²) in [7, 11) is 0. The summed E-state index contributed by atoms with van der Waals surface area (Å²) in [4.78, 5) is 12.8. The third-order valence-electron chi connectivity index (χ3n) is 10.8. The average Bonchev–Trinajstić information content (AvgIpc) is 3.29. The lowest BCUT2D eigenvalue weighted by molar-refractivity contribution is -0.357. The Labute approximate surface area is 366 Å². The molecule has 4 heterocycles. The first-order valence-electron chi connectivity index (χ1n) is 19.9. The molecule has 3 fully saturated rings. The van der Waals surface area contributed by atoms with Crippen LogP contribution in [0.15, 0.2) is 71.2 Å². The van der Waals surface area contributed by atoms with Crippen LogP contribution in [-0.4, -0.2) is 189 Å². The van der Waals surface area contributed by atoms with Crippen LogP contribution >= 0.6 is 0 Å². The predicted octanol–water partition coefficient (Wildman–Crippen LogP) is -2.35. The van der Waals surface area contributed by atoms with Crippen molar-refractivity contribution in [2.24, 2.45) is 0 Å². The van der Waals surface area contributed by atoms with Gasteiger partial charge in [0, 0.05) is 18.2 Å². The number of ether oxygens (including phenoxy) is 7. The van der Waals surface area contributed by atoms with Gasteiger partial charge >= 0.3 is 17.3 Å². The standard InChI is InChI=1S/C42H46O23/c43-13-26-30(50)33(53)36(56)40(62-26)60-24-11-19(46)10-23-20(24)12-25(38(59-23)17-3-5-18(45)6-4-17)61-42-39(65-41-37(57)34(54)31(51)27(14-44)63-41)35(55)32(52)28(64-42)15-58-29(49)8-2-16-1-7-21(47)22(48)9-16/h1-12,26-28,30-37,39-44,50-57H,13-15H2,(H3-,45,46,47,48,49)/p+1/t26?,27?,28?,30-,31-,32-,33+,34+,35?,36?,37?,39-,40-,41+,42-/m1/s1. The number of phenols is 4. The number of rotatable bonds is 13. The van der Waals surface area contributed by atoms with Gasteiger partial charge < -0.3 is 105 Å². The van der Waals surface area contributed by atoms with Crippen LogP contribution in [0.3, 0.4) is 0 Å².